The van der Waals surface area contributed by atoms with Crippen LogP contribution in [0.1, 0.15) is 25.3 Å². The minimum absolute atomic E-state index is 0.0612. The zero-order valence-electron chi connectivity index (χ0n) is 14.8. The molecule has 1 fully saturated rings. The smallest absolute Gasteiger partial charge is 0.227 e. The molecule has 0 spiro atoms. The van der Waals surface area contributed by atoms with Gasteiger partial charge in [-0.2, -0.15) is 0 Å². The zero-order valence-corrected chi connectivity index (χ0v) is 15.6. The van der Waals surface area contributed by atoms with Crippen LogP contribution in [0.3, 0.4) is 0 Å². The SMILES string of the molecule is C=CCN1CC(C(=O)N(CC)Cc2cc(Cl)ccc2OC)CCC1=O. The maximum absolute atomic E-state index is 13.0. The average molecular weight is 365 g/mol. The highest BCUT2D eigenvalue weighted by molar-refractivity contribution is 6.30. The predicted molar refractivity (Wildman–Crippen MR) is 98.6 cm³/mol. The van der Waals surface area contributed by atoms with E-state index in [4.69, 9.17) is 16.3 Å². The van der Waals surface area contributed by atoms with Gasteiger partial charge in [0.2, 0.25) is 11.8 Å². The molecule has 0 N–H and O–H groups in total. The van der Waals surface area contributed by atoms with Crippen LogP contribution in [0.15, 0.2) is 30.9 Å². The number of carbonyl (C=O) groups is 2. The van der Waals surface area contributed by atoms with Gasteiger partial charge in [-0.15, -0.1) is 6.58 Å². The summed E-state index contributed by atoms with van der Waals surface area (Å²) in [6.45, 7) is 7.58. The molecule has 6 heteroatoms. The summed E-state index contributed by atoms with van der Waals surface area (Å²) >= 11 is 6.09. The Morgan fingerprint density at radius 2 is 2.28 bits per heavy atom. The Kier molecular flexibility index (Phi) is 6.88. The second-order valence-corrected chi connectivity index (χ2v) is 6.57. The second kappa shape index (κ2) is 8.90. The summed E-state index contributed by atoms with van der Waals surface area (Å²) in [5, 5.41) is 0.611. The lowest BCUT2D eigenvalue weighted by Crippen LogP contribution is -2.46. The van der Waals surface area contributed by atoms with E-state index in [1.165, 1.54) is 0 Å². The molecule has 1 aromatic carbocycles. The van der Waals surface area contributed by atoms with Crippen molar-refractivity contribution in [1.82, 2.24) is 9.80 Å². The number of carbonyl (C=O) groups excluding carboxylic acids is 2. The molecule has 25 heavy (non-hydrogen) atoms. The number of rotatable bonds is 7. The number of benzene rings is 1. The molecule has 0 saturated carbocycles. The van der Waals surface area contributed by atoms with Gasteiger partial charge in [0.1, 0.15) is 5.75 Å². The van der Waals surface area contributed by atoms with E-state index in [0.29, 0.717) is 49.8 Å². The van der Waals surface area contributed by atoms with E-state index >= 15 is 0 Å². The van der Waals surface area contributed by atoms with Gasteiger partial charge in [-0.1, -0.05) is 17.7 Å². The van der Waals surface area contributed by atoms with E-state index in [0.717, 1.165) is 5.56 Å². The maximum Gasteiger partial charge on any atom is 0.227 e. The quantitative estimate of drug-likeness (QED) is 0.698. The van der Waals surface area contributed by atoms with E-state index in [-0.39, 0.29) is 17.7 Å². The molecule has 0 radical (unpaired) electrons. The number of piperidine rings is 1. The number of nitrogens with zero attached hydrogens (tertiary/aromatic N) is 2. The van der Waals surface area contributed by atoms with Crippen molar-refractivity contribution in [2.24, 2.45) is 5.92 Å². The van der Waals surface area contributed by atoms with Crippen LogP contribution < -0.4 is 4.74 Å². The summed E-state index contributed by atoms with van der Waals surface area (Å²) in [4.78, 5) is 28.4. The standard InChI is InChI=1S/C19H25ClN2O3/c1-4-10-22-12-14(6-9-18(22)23)19(24)21(5-2)13-15-11-16(20)7-8-17(15)25-3/h4,7-8,11,14H,1,5-6,9-10,12-13H2,2-3H3. The first-order valence-corrected chi connectivity index (χ1v) is 8.87. The van der Waals surface area contributed by atoms with Gasteiger partial charge >= 0.3 is 0 Å². The molecule has 5 nitrogen and oxygen atoms in total. The van der Waals surface area contributed by atoms with Gasteiger partial charge < -0.3 is 14.5 Å². The summed E-state index contributed by atoms with van der Waals surface area (Å²) in [5.41, 5.74) is 0.875. The van der Waals surface area contributed by atoms with Crippen molar-refractivity contribution in [2.45, 2.75) is 26.3 Å². The fraction of sp³-hybridized carbons (Fsp3) is 0.474. The van der Waals surface area contributed by atoms with Crippen LogP contribution in [0.4, 0.5) is 0 Å². The molecule has 1 aromatic rings. The van der Waals surface area contributed by atoms with Crippen molar-refractivity contribution in [3.05, 3.63) is 41.4 Å². The van der Waals surface area contributed by atoms with Crippen LogP contribution in [0, 0.1) is 5.92 Å². The Labute approximate surface area is 154 Å². The molecule has 2 amide bonds. The Morgan fingerprint density at radius 1 is 1.52 bits per heavy atom. The summed E-state index contributed by atoms with van der Waals surface area (Å²) in [5.74, 6) is 0.681. The van der Waals surface area contributed by atoms with Gasteiger partial charge in [0, 0.05) is 43.2 Å². The summed E-state index contributed by atoms with van der Waals surface area (Å²) in [6, 6.07) is 5.40. The van der Waals surface area contributed by atoms with Crippen LogP contribution in [0.5, 0.6) is 5.75 Å². The number of amides is 2. The molecule has 2 rings (SSSR count). The molecule has 136 valence electrons. The first-order chi connectivity index (χ1) is 12.0. The van der Waals surface area contributed by atoms with E-state index in [1.807, 2.05) is 13.0 Å². The van der Waals surface area contributed by atoms with Crippen LogP contribution in [0.25, 0.3) is 0 Å². The number of hydrogen-bond donors (Lipinski definition) is 0. The Morgan fingerprint density at radius 3 is 2.92 bits per heavy atom. The highest BCUT2D eigenvalue weighted by atomic mass is 35.5. The zero-order chi connectivity index (χ0) is 18.4. The molecule has 1 aliphatic heterocycles. The topological polar surface area (TPSA) is 49.9 Å². The van der Waals surface area contributed by atoms with E-state index in [1.54, 1.807) is 35.1 Å². The Hall–Kier alpha value is -2.01. The second-order valence-electron chi connectivity index (χ2n) is 6.13. The lowest BCUT2D eigenvalue weighted by atomic mass is 9.95. The largest absolute Gasteiger partial charge is 0.496 e. The summed E-state index contributed by atoms with van der Waals surface area (Å²) in [6.07, 6.45) is 2.69. The van der Waals surface area contributed by atoms with Gasteiger partial charge in [0.05, 0.1) is 13.0 Å². The minimum Gasteiger partial charge on any atom is -0.496 e. The third-order valence-electron chi connectivity index (χ3n) is 4.50. The van der Waals surface area contributed by atoms with Crippen LogP contribution >= 0.6 is 11.6 Å². The molecular weight excluding hydrogens is 340 g/mol. The third kappa shape index (κ3) is 4.75. The number of ether oxygens (including phenoxy) is 1. The lowest BCUT2D eigenvalue weighted by Gasteiger charge is -2.34. The maximum atomic E-state index is 13.0. The summed E-state index contributed by atoms with van der Waals surface area (Å²) < 4.78 is 5.37. The number of hydrogen-bond acceptors (Lipinski definition) is 3. The van der Waals surface area contributed by atoms with Crippen LogP contribution in [-0.4, -0.2) is 48.4 Å². The van der Waals surface area contributed by atoms with Crippen molar-refractivity contribution < 1.29 is 14.3 Å². The minimum atomic E-state index is -0.178. The number of halogens is 1. The highest BCUT2D eigenvalue weighted by Gasteiger charge is 2.32. The third-order valence-corrected chi connectivity index (χ3v) is 4.73. The fourth-order valence-electron chi connectivity index (χ4n) is 3.13. The number of likely N-dealkylation sites (tertiary alicyclic amines) is 1. The van der Waals surface area contributed by atoms with Crippen molar-refractivity contribution in [3.8, 4) is 5.75 Å². The van der Waals surface area contributed by atoms with Crippen molar-refractivity contribution >= 4 is 23.4 Å². The normalized spacial score (nSPS) is 17.3. The predicted octanol–water partition coefficient (Wildman–Crippen LogP) is 3.12. The van der Waals surface area contributed by atoms with E-state index < -0.39 is 0 Å². The molecule has 1 saturated heterocycles. The molecule has 0 aliphatic carbocycles. The molecule has 1 atom stereocenters. The van der Waals surface area contributed by atoms with Crippen molar-refractivity contribution in [1.29, 1.82) is 0 Å². The number of methoxy groups -OCH3 is 1. The molecular formula is C19H25ClN2O3. The summed E-state index contributed by atoms with van der Waals surface area (Å²) in [7, 11) is 1.60. The van der Waals surface area contributed by atoms with Gasteiger partial charge in [0.25, 0.3) is 0 Å². The van der Waals surface area contributed by atoms with Gasteiger partial charge in [-0.25, -0.2) is 0 Å². The molecule has 1 aliphatic rings. The van der Waals surface area contributed by atoms with Crippen LogP contribution in [-0.2, 0) is 16.1 Å². The molecule has 0 aromatic heterocycles. The van der Waals surface area contributed by atoms with Crippen molar-refractivity contribution in [3.63, 3.8) is 0 Å². The van der Waals surface area contributed by atoms with Gasteiger partial charge in [0.15, 0.2) is 0 Å². The molecule has 1 unspecified atom stereocenters. The monoisotopic (exact) mass is 364 g/mol. The van der Waals surface area contributed by atoms with E-state index in [9.17, 15) is 9.59 Å². The average Bonchev–Trinajstić information content (AvgIpc) is 2.61. The first kappa shape index (κ1) is 19.3. The Bertz CT molecular complexity index is 648. The van der Waals surface area contributed by atoms with E-state index in [2.05, 4.69) is 6.58 Å². The molecule has 1 heterocycles. The van der Waals surface area contributed by atoms with Crippen LogP contribution in [0.2, 0.25) is 5.02 Å². The fourth-order valence-corrected chi connectivity index (χ4v) is 3.32. The van der Waals surface area contributed by atoms with Crippen molar-refractivity contribution in [2.75, 3.05) is 26.7 Å². The van der Waals surface area contributed by atoms with Gasteiger partial charge in [-0.3, -0.25) is 9.59 Å². The Balaban J connectivity index is 2.12. The highest BCUT2D eigenvalue weighted by Crippen LogP contribution is 2.26. The lowest BCUT2D eigenvalue weighted by molar-refractivity contribution is -0.143. The first-order valence-electron chi connectivity index (χ1n) is 8.50. The van der Waals surface area contributed by atoms with Gasteiger partial charge in [-0.05, 0) is 31.5 Å². The molecule has 0 bridgehead atoms.